The summed E-state index contributed by atoms with van der Waals surface area (Å²) >= 11 is 13.5. The summed E-state index contributed by atoms with van der Waals surface area (Å²) in [6.07, 6.45) is 7.81. The molecule has 4 heterocycles. The predicted octanol–water partition coefficient (Wildman–Crippen LogP) is 7.84. The highest BCUT2D eigenvalue weighted by atomic mass is 35.5. The molecule has 4 aromatic rings. The number of carboxylic acid groups (broad SMARTS) is 1. The molecule has 3 aromatic heterocycles. The molecule has 1 saturated heterocycles. The molecule has 1 aromatic carbocycles. The van der Waals surface area contributed by atoms with Crippen molar-refractivity contribution in [2.24, 2.45) is 10.8 Å². The molecular formula is C32H29Cl2N5O3S. The van der Waals surface area contributed by atoms with Crippen LogP contribution in [0.25, 0.3) is 15.9 Å². The Labute approximate surface area is 263 Å². The van der Waals surface area contributed by atoms with E-state index in [1.807, 2.05) is 24.3 Å². The Bertz CT molecular complexity index is 1810. The Morgan fingerprint density at radius 3 is 2.67 bits per heavy atom. The van der Waals surface area contributed by atoms with Gasteiger partial charge in [0.1, 0.15) is 16.3 Å². The molecule has 220 valence electrons. The maximum absolute atomic E-state index is 11.6. The molecule has 3 aliphatic rings. The lowest BCUT2D eigenvalue weighted by molar-refractivity contribution is 0.0702. The van der Waals surface area contributed by atoms with Crippen LogP contribution in [0.1, 0.15) is 59.5 Å². The van der Waals surface area contributed by atoms with E-state index in [-0.39, 0.29) is 10.8 Å². The van der Waals surface area contributed by atoms with Crippen LogP contribution in [0, 0.1) is 22.2 Å². The van der Waals surface area contributed by atoms with Crippen molar-refractivity contribution >= 4 is 62.4 Å². The normalized spacial score (nSPS) is 18.3. The van der Waals surface area contributed by atoms with E-state index in [1.54, 1.807) is 18.2 Å². The van der Waals surface area contributed by atoms with Gasteiger partial charge in [0.15, 0.2) is 0 Å². The molecule has 0 amide bonds. The fraction of sp³-hybridized carbons (Fsp3) is 0.375. The minimum atomic E-state index is -0.931. The molecule has 1 N–H and O–H groups in total. The summed E-state index contributed by atoms with van der Waals surface area (Å²) < 4.78 is 8.13. The summed E-state index contributed by atoms with van der Waals surface area (Å²) in [5, 5.41) is 20.1. The predicted molar refractivity (Wildman–Crippen MR) is 168 cm³/mol. The zero-order chi connectivity index (χ0) is 29.8. The number of hydrogen-bond donors (Lipinski definition) is 1. The monoisotopic (exact) mass is 633 g/mol. The number of nitriles is 1. The van der Waals surface area contributed by atoms with Gasteiger partial charge in [-0.15, -0.1) is 11.3 Å². The van der Waals surface area contributed by atoms with Crippen LogP contribution in [0.4, 0.5) is 5.95 Å². The molecule has 7 rings (SSSR count). The van der Waals surface area contributed by atoms with Gasteiger partial charge in [0.2, 0.25) is 11.8 Å². The lowest BCUT2D eigenvalue weighted by atomic mass is 9.69. The van der Waals surface area contributed by atoms with Crippen LogP contribution >= 0.6 is 34.5 Å². The first kappa shape index (κ1) is 28.2. The summed E-state index contributed by atoms with van der Waals surface area (Å²) in [5.41, 5.74) is 4.03. The smallest absolute Gasteiger partial charge is 0.346 e. The number of carboxylic acids is 1. The zero-order valence-corrected chi connectivity index (χ0v) is 25.7. The van der Waals surface area contributed by atoms with Crippen molar-refractivity contribution in [1.29, 1.82) is 5.26 Å². The molecule has 1 spiro atoms. The number of ether oxygens (including phenoxy) is 1. The number of thiophene rings is 1. The van der Waals surface area contributed by atoms with Gasteiger partial charge in [-0.3, -0.25) is 0 Å². The Morgan fingerprint density at radius 1 is 1.14 bits per heavy atom. The Kier molecular flexibility index (Phi) is 7.12. The van der Waals surface area contributed by atoms with Crippen LogP contribution < -0.4 is 9.64 Å². The molecule has 1 saturated carbocycles. The van der Waals surface area contributed by atoms with Crippen molar-refractivity contribution in [3.05, 3.63) is 74.7 Å². The molecule has 0 radical (unpaired) electrons. The number of imidazole rings is 1. The molecule has 43 heavy (non-hydrogen) atoms. The minimum absolute atomic E-state index is 0.0280. The first-order valence-corrected chi connectivity index (χ1v) is 15.9. The second kappa shape index (κ2) is 10.8. The van der Waals surface area contributed by atoms with Crippen LogP contribution in [-0.2, 0) is 13.2 Å². The van der Waals surface area contributed by atoms with Gasteiger partial charge >= 0.3 is 5.97 Å². The molecule has 0 bridgehead atoms. The van der Waals surface area contributed by atoms with Crippen LogP contribution in [-0.4, -0.2) is 38.7 Å². The topological polar surface area (TPSA) is 104 Å². The number of carbonyl (C=O) groups is 1. The van der Waals surface area contributed by atoms with Crippen LogP contribution in [0.15, 0.2) is 48.5 Å². The van der Waals surface area contributed by atoms with Crippen LogP contribution in [0.2, 0.25) is 10.0 Å². The number of aromatic carboxylic acids is 1. The van der Waals surface area contributed by atoms with Crippen LogP contribution in [0.5, 0.6) is 5.88 Å². The maximum atomic E-state index is 11.6. The van der Waals surface area contributed by atoms with Crippen molar-refractivity contribution in [3.8, 4) is 11.9 Å². The van der Waals surface area contributed by atoms with Gasteiger partial charge in [0.25, 0.3) is 0 Å². The summed E-state index contributed by atoms with van der Waals surface area (Å²) in [6.45, 7) is 2.81. The SMILES string of the molecule is N#CCC1(Cn2c(N3CC4(CC=C(c5cccc(OCc6ccc(Cl)cc6Cl)n5)CC4)C3)nc3sc(C(=O)O)cc32)CC1. The highest BCUT2D eigenvalue weighted by Crippen LogP contribution is 2.52. The molecule has 2 fully saturated rings. The minimum Gasteiger partial charge on any atom is -0.477 e. The summed E-state index contributed by atoms with van der Waals surface area (Å²) in [6, 6.07) is 15.3. The highest BCUT2D eigenvalue weighted by molar-refractivity contribution is 7.20. The van der Waals surface area contributed by atoms with Gasteiger partial charge in [0.05, 0.1) is 17.3 Å². The van der Waals surface area contributed by atoms with E-state index in [9.17, 15) is 15.2 Å². The Morgan fingerprint density at radius 2 is 1.98 bits per heavy atom. The van der Waals surface area contributed by atoms with Gasteiger partial charge < -0.3 is 19.3 Å². The second-order valence-electron chi connectivity index (χ2n) is 12.1. The lowest BCUT2D eigenvalue weighted by Gasteiger charge is -2.52. The van der Waals surface area contributed by atoms with Crippen molar-refractivity contribution < 1.29 is 14.6 Å². The quantitative estimate of drug-likeness (QED) is 0.200. The van der Waals surface area contributed by atoms with E-state index < -0.39 is 5.97 Å². The third-order valence-corrected chi connectivity index (χ3v) is 10.6. The molecule has 2 aliphatic carbocycles. The van der Waals surface area contributed by atoms with Gasteiger partial charge in [-0.05, 0) is 61.9 Å². The maximum Gasteiger partial charge on any atom is 0.346 e. The molecule has 8 nitrogen and oxygen atoms in total. The van der Waals surface area contributed by atoms with E-state index in [1.165, 1.54) is 16.9 Å². The number of aromatic nitrogens is 3. The third kappa shape index (κ3) is 5.48. The molecule has 1 aliphatic heterocycles. The zero-order valence-electron chi connectivity index (χ0n) is 23.4. The standard InChI is InChI=1S/C32H29Cl2N5O3S/c33-22-5-4-21(23(34)14-22)16-42-27-3-1-2-24(36-27)20-6-8-32(9-7-20)17-38(18-32)30-37-28-25(15-26(43-28)29(40)41)39(30)19-31(10-11-31)12-13-35/h1-6,14-15H,7-12,16-19H2,(H,40,41). The Hall–Kier alpha value is -3.58. The number of rotatable bonds is 9. The average Bonchev–Trinajstić information content (AvgIpc) is 3.47. The number of fused-ring (bicyclic) bond motifs is 1. The van der Waals surface area contributed by atoms with Crippen molar-refractivity contribution in [2.75, 3.05) is 18.0 Å². The number of benzene rings is 1. The number of pyridine rings is 1. The summed E-state index contributed by atoms with van der Waals surface area (Å²) in [7, 11) is 0. The lowest BCUT2D eigenvalue weighted by Crippen LogP contribution is -2.57. The summed E-state index contributed by atoms with van der Waals surface area (Å²) in [4.78, 5) is 24.7. The van der Waals surface area contributed by atoms with E-state index in [0.29, 0.717) is 40.4 Å². The number of allylic oxidation sites excluding steroid dienone is 2. The fourth-order valence-electron chi connectivity index (χ4n) is 6.31. The second-order valence-corrected chi connectivity index (χ2v) is 14.0. The molecule has 0 atom stereocenters. The van der Waals surface area contributed by atoms with Gasteiger partial charge in [0, 0.05) is 58.6 Å². The average molecular weight is 635 g/mol. The highest BCUT2D eigenvalue weighted by Gasteiger charge is 2.47. The first-order valence-electron chi connectivity index (χ1n) is 14.3. The molecule has 0 unspecified atom stereocenters. The number of nitrogens with zero attached hydrogens (tertiary/aromatic N) is 5. The number of anilines is 1. The van der Waals surface area contributed by atoms with Gasteiger partial charge in [-0.1, -0.05) is 41.4 Å². The number of hydrogen-bond acceptors (Lipinski definition) is 7. The van der Waals surface area contributed by atoms with Gasteiger partial charge in [-0.2, -0.15) is 5.26 Å². The number of halogens is 2. The Balaban J connectivity index is 1.04. The van der Waals surface area contributed by atoms with Crippen molar-refractivity contribution in [1.82, 2.24) is 14.5 Å². The largest absolute Gasteiger partial charge is 0.477 e. The van der Waals surface area contributed by atoms with Crippen molar-refractivity contribution in [2.45, 2.75) is 51.7 Å². The van der Waals surface area contributed by atoms with Crippen molar-refractivity contribution in [3.63, 3.8) is 0 Å². The third-order valence-electron chi connectivity index (χ3n) is 9.03. The van der Waals surface area contributed by atoms with E-state index in [0.717, 1.165) is 72.7 Å². The van der Waals surface area contributed by atoms with E-state index in [2.05, 4.69) is 21.6 Å². The van der Waals surface area contributed by atoms with Gasteiger partial charge in [-0.25, -0.2) is 14.8 Å². The van der Waals surface area contributed by atoms with E-state index in [4.69, 9.17) is 37.9 Å². The summed E-state index contributed by atoms with van der Waals surface area (Å²) in [5.74, 6) is 0.525. The molecular weight excluding hydrogens is 605 g/mol. The van der Waals surface area contributed by atoms with Crippen LogP contribution in [0.3, 0.4) is 0 Å². The fourth-order valence-corrected chi connectivity index (χ4v) is 7.64. The van der Waals surface area contributed by atoms with E-state index >= 15 is 0 Å². The first-order chi connectivity index (χ1) is 20.8. The molecule has 11 heteroatoms.